The van der Waals surface area contributed by atoms with Gasteiger partial charge in [0.2, 0.25) is 0 Å². The Morgan fingerprint density at radius 3 is 2.66 bits per heavy atom. The van der Waals surface area contributed by atoms with Gasteiger partial charge in [-0.2, -0.15) is 0 Å². The van der Waals surface area contributed by atoms with Gasteiger partial charge in [0.05, 0.1) is 19.9 Å². The Bertz CT molecular complexity index is 1110. The third-order valence-corrected chi connectivity index (χ3v) is 4.70. The SMILES string of the molecule is COc1ccc(Cn2cc(-c3ccnc(Nc4cc(C)cc(Br)n4)c3)nn2)cc1. The van der Waals surface area contributed by atoms with Gasteiger partial charge in [-0.05, 0) is 70.4 Å². The number of aromatic nitrogens is 5. The molecule has 146 valence electrons. The molecule has 7 nitrogen and oxygen atoms in total. The first-order valence-corrected chi connectivity index (χ1v) is 9.79. The van der Waals surface area contributed by atoms with Gasteiger partial charge < -0.3 is 10.1 Å². The van der Waals surface area contributed by atoms with E-state index in [-0.39, 0.29) is 0 Å². The van der Waals surface area contributed by atoms with Crippen molar-refractivity contribution >= 4 is 27.6 Å². The number of anilines is 2. The molecular formula is C21H19BrN6O. The van der Waals surface area contributed by atoms with E-state index in [9.17, 15) is 0 Å². The second-order valence-corrected chi connectivity index (χ2v) is 7.37. The highest BCUT2D eigenvalue weighted by atomic mass is 79.9. The van der Waals surface area contributed by atoms with Gasteiger partial charge in [-0.3, -0.25) is 0 Å². The molecule has 29 heavy (non-hydrogen) atoms. The zero-order chi connectivity index (χ0) is 20.2. The van der Waals surface area contributed by atoms with Crippen LogP contribution in [0.2, 0.25) is 0 Å². The highest BCUT2D eigenvalue weighted by Crippen LogP contribution is 2.22. The summed E-state index contributed by atoms with van der Waals surface area (Å²) in [6.45, 7) is 2.65. The Hall–Kier alpha value is -3.26. The number of nitrogens with one attached hydrogen (secondary N) is 1. The lowest BCUT2D eigenvalue weighted by Crippen LogP contribution is -2.00. The fourth-order valence-electron chi connectivity index (χ4n) is 2.90. The Balaban J connectivity index is 1.51. The fourth-order valence-corrected chi connectivity index (χ4v) is 3.46. The Kier molecular flexibility index (Phi) is 5.53. The predicted molar refractivity (Wildman–Crippen MR) is 115 cm³/mol. The van der Waals surface area contributed by atoms with Gasteiger partial charge in [-0.15, -0.1) is 5.10 Å². The summed E-state index contributed by atoms with van der Waals surface area (Å²) in [7, 11) is 1.66. The Labute approximate surface area is 176 Å². The average Bonchev–Trinajstić information content (AvgIpc) is 3.16. The van der Waals surface area contributed by atoms with Crippen molar-refractivity contribution in [2.45, 2.75) is 13.5 Å². The predicted octanol–water partition coefficient (Wildman–Crippen LogP) is 4.61. The largest absolute Gasteiger partial charge is 0.497 e. The van der Waals surface area contributed by atoms with Crippen molar-refractivity contribution in [3.8, 4) is 17.0 Å². The van der Waals surface area contributed by atoms with Crippen LogP contribution in [0.15, 0.2) is 65.5 Å². The van der Waals surface area contributed by atoms with E-state index in [1.54, 1.807) is 13.3 Å². The second-order valence-electron chi connectivity index (χ2n) is 6.56. The second kappa shape index (κ2) is 8.40. The number of hydrogen-bond acceptors (Lipinski definition) is 6. The summed E-state index contributed by atoms with van der Waals surface area (Å²) in [4.78, 5) is 8.80. The van der Waals surface area contributed by atoms with E-state index in [1.807, 2.05) is 66.3 Å². The van der Waals surface area contributed by atoms with Crippen molar-refractivity contribution in [2.24, 2.45) is 0 Å². The number of pyridine rings is 2. The minimum Gasteiger partial charge on any atom is -0.497 e. The van der Waals surface area contributed by atoms with E-state index < -0.39 is 0 Å². The number of nitrogens with zero attached hydrogens (tertiary/aromatic N) is 5. The van der Waals surface area contributed by atoms with Crippen LogP contribution < -0.4 is 10.1 Å². The number of ether oxygens (including phenoxy) is 1. The standard InChI is InChI=1S/C21H19BrN6O/c1-14-9-19(22)24-21(10-14)25-20-11-16(7-8-23-20)18-13-28(27-26-18)12-15-3-5-17(29-2)6-4-15/h3-11,13H,12H2,1-2H3,(H,23,24,25). The first-order chi connectivity index (χ1) is 14.1. The number of benzene rings is 1. The molecule has 0 bridgehead atoms. The lowest BCUT2D eigenvalue weighted by atomic mass is 10.2. The minimum atomic E-state index is 0.633. The quantitative estimate of drug-likeness (QED) is 0.432. The van der Waals surface area contributed by atoms with Crippen molar-refractivity contribution in [2.75, 3.05) is 12.4 Å². The molecule has 0 aliphatic heterocycles. The van der Waals surface area contributed by atoms with E-state index in [0.29, 0.717) is 12.4 Å². The van der Waals surface area contributed by atoms with E-state index >= 15 is 0 Å². The van der Waals surface area contributed by atoms with Crippen molar-refractivity contribution in [1.82, 2.24) is 25.0 Å². The van der Waals surface area contributed by atoms with Crippen molar-refractivity contribution in [1.29, 1.82) is 0 Å². The molecule has 8 heteroatoms. The van der Waals surface area contributed by atoms with E-state index in [4.69, 9.17) is 4.74 Å². The topological polar surface area (TPSA) is 77.8 Å². The molecule has 0 aliphatic rings. The summed E-state index contributed by atoms with van der Waals surface area (Å²) in [6, 6.07) is 15.7. The van der Waals surface area contributed by atoms with Gasteiger partial charge in [0.15, 0.2) is 0 Å². The van der Waals surface area contributed by atoms with Crippen LogP contribution >= 0.6 is 15.9 Å². The zero-order valence-corrected chi connectivity index (χ0v) is 17.6. The van der Waals surface area contributed by atoms with Gasteiger partial charge in [0.1, 0.15) is 27.7 Å². The summed E-state index contributed by atoms with van der Waals surface area (Å²) < 4.78 is 7.78. The lowest BCUT2D eigenvalue weighted by Gasteiger charge is -2.07. The number of rotatable bonds is 6. The number of hydrogen-bond donors (Lipinski definition) is 1. The van der Waals surface area contributed by atoms with Crippen LogP contribution in [0.3, 0.4) is 0 Å². The molecule has 3 heterocycles. The maximum absolute atomic E-state index is 5.19. The molecule has 0 fully saturated rings. The van der Waals surface area contributed by atoms with Crippen LogP contribution in [-0.2, 0) is 6.54 Å². The number of methoxy groups -OCH3 is 1. The third kappa shape index (κ3) is 4.78. The Morgan fingerprint density at radius 1 is 1.07 bits per heavy atom. The van der Waals surface area contributed by atoms with Crippen LogP contribution in [-0.4, -0.2) is 32.1 Å². The molecule has 3 aromatic heterocycles. The summed E-state index contributed by atoms with van der Waals surface area (Å²) >= 11 is 3.42. The summed E-state index contributed by atoms with van der Waals surface area (Å²) in [5.74, 6) is 2.25. The van der Waals surface area contributed by atoms with E-state index in [0.717, 1.165) is 38.6 Å². The molecule has 0 unspecified atom stereocenters. The highest BCUT2D eigenvalue weighted by Gasteiger charge is 2.07. The molecule has 0 aliphatic carbocycles. The molecule has 0 amide bonds. The molecule has 1 aromatic carbocycles. The summed E-state index contributed by atoms with van der Waals surface area (Å²) in [5.41, 5.74) is 3.93. The monoisotopic (exact) mass is 450 g/mol. The maximum atomic E-state index is 5.19. The molecule has 0 saturated carbocycles. The first-order valence-electron chi connectivity index (χ1n) is 9.00. The molecule has 4 aromatic rings. The molecule has 0 radical (unpaired) electrons. The summed E-state index contributed by atoms with van der Waals surface area (Å²) in [5, 5.41) is 11.8. The Morgan fingerprint density at radius 2 is 1.90 bits per heavy atom. The maximum Gasteiger partial charge on any atom is 0.133 e. The molecule has 1 N–H and O–H groups in total. The van der Waals surface area contributed by atoms with Gasteiger partial charge in [0, 0.05) is 11.8 Å². The molecule has 0 spiro atoms. The average molecular weight is 451 g/mol. The van der Waals surface area contributed by atoms with Gasteiger partial charge in [-0.25, -0.2) is 14.6 Å². The lowest BCUT2D eigenvalue weighted by molar-refractivity contribution is 0.414. The minimum absolute atomic E-state index is 0.633. The molecule has 0 atom stereocenters. The van der Waals surface area contributed by atoms with Crippen LogP contribution in [0.4, 0.5) is 11.6 Å². The van der Waals surface area contributed by atoms with Crippen LogP contribution in [0.5, 0.6) is 5.75 Å². The fraction of sp³-hybridized carbons (Fsp3) is 0.143. The van der Waals surface area contributed by atoms with Crippen LogP contribution in [0, 0.1) is 6.92 Å². The normalized spacial score (nSPS) is 10.7. The van der Waals surface area contributed by atoms with E-state index in [2.05, 4.69) is 41.5 Å². The molecule has 4 rings (SSSR count). The third-order valence-electron chi connectivity index (χ3n) is 4.29. The first kappa shape index (κ1) is 19.1. The van der Waals surface area contributed by atoms with Crippen LogP contribution in [0.1, 0.15) is 11.1 Å². The molecular weight excluding hydrogens is 432 g/mol. The summed E-state index contributed by atoms with van der Waals surface area (Å²) in [6.07, 6.45) is 3.66. The van der Waals surface area contributed by atoms with Gasteiger partial charge in [0.25, 0.3) is 0 Å². The highest BCUT2D eigenvalue weighted by molar-refractivity contribution is 9.10. The number of halogens is 1. The van der Waals surface area contributed by atoms with Gasteiger partial charge in [-0.1, -0.05) is 17.3 Å². The zero-order valence-electron chi connectivity index (χ0n) is 16.0. The number of aryl methyl sites for hydroxylation is 1. The van der Waals surface area contributed by atoms with Crippen molar-refractivity contribution < 1.29 is 4.74 Å². The van der Waals surface area contributed by atoms with Gasteiger partial charge >= 0.3 is 0 Å². The van der Waals surface area contributed by atoms with Crippen LogP contribution in [0.25, 0.3) is 11.3 Å². The molecule has 0 saturated heterocycles. The smallest absolute Gasteiger partial charge is 0.133 e. The van der Waals surface area contributed by atoms with E-state index in [1.165, 1.54) is 0 Å². The van der Waals surface area contributed by atoms with Crippen molar-refractivity contribution in [3.05, 3.63) is 76.7 Å². The van der Waals surface area contributed by atoms with Crippen molar-refractivity contribution in [3.63, 3.8) is 0 Å².